The highest BCUT2D eigenvalue weighted by Gasteiger charge is 2.42. The van der Waals surface area contributed by atoms with E-state index in [-0.39, 0.29) is 23.9 Å². The van der Waals surface area contributed by atoms with Crippen molar-refractivity contribution in [1.82, 2.24) is 10.6 Å². The van der Waals surface area contributed by atoms with Gasteiger partial charge in [0.15, 0.2) is 5.79 Å². The number of amides is 2. The Bertz CT molecular complexity index is 547. The Balaban J connectivity index is 1.21. The van der Waals surface area contributed by atoms with Gasteiger partial charge in [0.2, 0.25) is 0 Å². The zero-order valence-corrected chi connectivity index (χ0v) is 13.3. The van der Waals surface area contributed by atoms with E-state index in [1.165, 1.54) is 5.56 Å². The maximum Gasteiger partial charge on any atom is 0.315 e. The molecule has 2 unspecified atom stereocenters. The number of rotatable bonds is 3. The molecular weight excluding hydrogens is 292 g/mol. The predicted octanol–water partition coefficient (Wildman–Crippen LogP) is 2.53. The van der Waals surface area contributed by atoms with Crippen LogP contribution in [-0.2, 0) is 9.47 Å². The van der Waals surface area contributed by atoms with Gasteiger partial charge in [-0.15, -0.1) is 0 Å². The van der Waals surface area contributed by atoms with Crippen molar-refractivity contribution in [1.29, 1.82) is 0 Å². The van der Waals surface area contributed by atoms with Gasteiger partial charge in [-0.25, -0.2) is 4.79 Å². The van der Waals surface area contributed by atoms with Crippen LogP contribution in [0, 0.1) is 0 Å². The van der Waals surface area contributed by atoms with E-state index in [4.69, 9.17) is 9.47 Å². The van der Waals surface area contributed by atoms with Crippen molar-refractivity contribution in [3.8, 4) is 0 Å². The van der Waals surface area contributed by atoms with Crippen LogP contribution in [0.5, 0.6) is 0 Å². The lowest BCUT2D eigenvalue weighted by Gasteiger charge is -2.35. The highest BCUT2D eigenvalue weighted by atomic mass is 16.7. The molecule has 2 saturated carbocycles. The highest BCUT2D eigenvalue weighted by molar-refractivity contribution is 5.75. The highest BCUT2D eigenvalue weighted by Crippen LogP contribution is 2.40. The summed E-state index contributed by atoms with van der Waals surface area (Å²) in [6.07, 6.45) is 4.61. The third kappa shape index (κ3) is 3.35. The van der Waals surface area contributed by atoms with Crippen LogP contribution in [0.15, 0.2) is 30.3 Å². The molecule has 0 aromatic heterocycles. The molecular formula is C18H24N2O3. The van der Waals surface area contributed by atoms with Crippen molar-refractivity contribution in [2.75, 3.05) is 13.2 Å². The van der Waals surface area contributed by atoms with E-state index in [9.17, 15) is 4.79 Å². The Kier molecular flexibility index (Phi) is 3.99. The molecule has 1 spiro atoms. The first-order chi connectivity index (χ1) is 11.2. The van der Waals surface area contributed by atoms with Gasteiger partial charge in [0.05, 0.1) is 13.2 Å². The van der Waals surface area contributed by atoms with E-state index in [1.807, 2.05) is 6.07 Å². The Hall–Kier alpha value is -1.59. The first-order valence-electron chi connectivity index (χ1n) is 8.64. The van der Waals surface area contributed by atoms with Crippen molar-refractivity contribution in [2.45, 2.75) is 55.9 Å². The number of carbonyl (C=O) groups is 1. The molecule has 124 valence electrons. The van der Waals surface area contributed by atoms with Crippen molar-refractivity contribution >= 4 is 6.03 Å². The number of hydrogen-bond acceptors (Lipinski definition) is 3. The molecule has 3 aliphatic rings. The summed E-state index contributed by atoms with van der Waals surface area (Å²) in [5.74, 6) is 0.112. The Morgan fingerprint density at radius 1 is 1.04 bits per heavy atom. The van der Waals surface area contributed by atoms with Crippen LogP contribution in [0.4, 0.5) is 4.79 Å². The number of hydrogen-bond donors (Lipinski definition) is 2. The molecule has 1 aromatic rings. The van der Waals surface area contributed by atoms with Crippen molar-refractivity contribution < 1.29 is 14.3 Å². The Morgan fingerprint density at radius 2 is 1.74 bits per heavy atom. The Labute approximate surface area is 136 Å². The standard InChI is InChI=1S/C18H24N2O3/c21-17(20-16-12-15(16)13-4-2-1-3-5-13)19-14-6-8-18(9-7-14)22-10-11-23-18/h1-5,14-16H,6-12H2,(H2,19,20,21). The van der Waals surface area contributed by atoms with Gasteiger partial charge in [0, 0.05) is 30.8 Å². The number of nitrogens with one attached hydrogen (secondary N) is 2. The number of carbonyl (C=O) groups excluding carboxylic acids is 1. The van der Waals surface area contributed by atoms with E-state index in [1.54, 1.807) is 0 Å². The van der Waals surface area contributed by atoms with Gasteiger partial charge in [-0.3, -0.25) is 0 Å². The quantitative estimate of drug-likeness (QED) is 0.901. The monoisotopic (exact) mass is 316 g/mol. The first kappa shape index (κ1) is 15.0. The third-order valence-electron chi connectivity index (χ3n) is 5.23. The second-order valence-corrected chi connectivity index (χ2v) is 6.86. The summed E-state index contributed by atoms with van der Waals surface area (Å²) in [5.41, 5.74) is 1.31. The van der Waals surface area contributed by atoms with Crippen molar-refractivity contribution in [3.63, 3.8) is 0 Å². The minimum Gasteiger partial charge on any atom is -0.348 e. The average molecular weight is 316 g/mol. The van der Waals surface area contributed by atoms with Crippen LogP contribution < -0.4 is 10.6 Å². The normalized spacial score (nSPS) is 29.4. The lowest BCUT2D eigenvalue weighted by atomic mass is 9.90. The fourth-order valence-corrected chi connectivity index (χ4v) is 3.81. The smallest absolute Gasteiger partial charge is 0.315 e. The number of benzene rings is 1. The number of ether oxygens (including phenoxy) is 2. The molecule has 2 aliphatic carbocycles. The molecule has 5 heteroatoms. The van der Waals surface area contributed by atoms with E-state index in [0.717, 1.165) is 32.1 Å². The molecule has 23 heavy (non-hydrogen) atoms. The molecule has 4 rings (SSSR count). The SMILES string of the molecule is O=C(NC1CCC2(CC1)OCCO2)NC1CC1c1ccccc1. The lowest BCUT2D eigenvalue weighted by molar-refractivity contribution is -0.179. The van der Waals surface area contributed by atoms with Crippen molar-refractivity contribution in [3.05, 3.63) is 35.9 Å². The second kappa shape index (κ2) is 6.13. The zero-order valence-electron chi connectivity index (χ0n) is 13.3. The molecule has 1 saturated heterocycles. The topological polar surface area (TPSA) is 59.6 Å². The van der Waals surface area contributed by atoms with Gasteiger partial charge in [-0.1, -0.05) is 30.3 Å². The maximum atomic E-state index is 12.2. The molecule has 2 amide bonds. The fourth-order valence-electron chi connectivity index (χ4n) is 3.81. The van der Waals surface area contributed by atoms with Gasteiger partial charge in [0.25, 0.3) is 0 Å². The predicted molar refractivity (Wildman–Crippen MR) is 86.1 cm³/mol. The molecule has 0 bridgehead atoms. The molecule has 3 fully saturated rings. The van der Waals surface area contributed by atoms with Crippen molar-refractivity contribution in [2.24, 2.45) is 0 Å². The van der Waals surface area contributed by atoms with E-state index in [0.29, 0.717) is 19.1 Å². The Morgan fingerprint density at radius 3 is 2.43 bits per heavy atom. The average Bonchev–Trinajstić information content (AvgIpc) is 3.19. The van der Waals surface area contributed by atoms with Gasteiger partial charge >= 0.3 is 6.03 Å². The summed E-state index contributed by atoms with van der Waals surface area (Å²) in [5, 5.41) is 6.21. The minimum atomic E-state index is -0.358. The molecule has 5 nitrogen and oxygen atoms in total. The summed E-state index contributed by atoms with van der Waals surface area (Å²) >= 11 is 0. The molecule has 1 aliphatic heterocycles. The maximum absolute atomic E-state index is 12.2. The zero-order chi connectivity index (χ0) is 15.7. The first-order valence-corrected chi connectivity index (χ1v) is 8.64. The lowest BCUT2D eigenvalue weighted by Crippen LogP contribution is -2.47. The number of urea groups is 1. The van der Waals surface area contributed by atoms with E-state index in [2.05, 4.69) is 34.9 Å². The van der Waals surface area contributed by atoms with Crippen LogP contribution in [0.1, 0.15) is 43.6 Å². The summed E-state index contributed by atoms with van der Waals surface area (Å²) in [7, 11) is 0. The van der Waals surface area contributed by atoms with E-state index >= 15 is 0 Å². The van der Waals surface area contributed by atoms with Crippen LogP contribution in [0.25, 0.3) is 0 Å². The minimum absolute atomic E-state index is 0.0392. The molecule has 1 aromatic carbocycles. The van der Waals surface area contributed by atoms with Gasteiger partial charge in [-0.05, 0) is 24.8 Å². The van der Waals surface area contributed by atoms with Crippen LogP contribution in [-0.4, -0.2) is 37.1 Å². The summed E-state index contributed by atoms with van der Waals surface area (Å²) in [6.45, 7) is 1.39. The van der Waals surface area contributed by atoms with Gasteiger partial charge < -0.3 is 20.1 Å². The second-order valence-electron chi connectivity index (χ2n) is 6.86. The van der Waals surface area contributed by atoms with Gasteiger partial charge in [-0.2, -0.15) is 0 Å². The molecule has 2 atom stereocenters. The van der Waals surface area contributed by atoms with Crippen LogP contribution in [0.2, 0.25) is 0 Å². The van der Waals surface area contributed by atoms with Crippen LogP contribution >= 0.6 is 0 Å². The van der Waals surface area contributed by atoms with Crippen LogP contribution in [0.3, 0.4) is 0 Å². The molecule has 0 radical (unpaired) electrons. The van der Waals surface area contributed by atoms with Gasteiger partial charge in [0.1, 0.15) is 0 Å². The summed E-state index contributed by atoms with van der Waals surface area (Å²) < 4.78 is 11.4. The van der Waals surface area contributed by atoms with E-state index < -0.39 is 0 Å². The fraction of sp³-hybridized carbons (Fsp3) is 0.611. The summed E-state index contributed by atoms with van der Waals surface area (Å²) in [4.78, 5) is 12.2. The summed E-state index contributed by atoms with van der Waals surface area (Å²) in [6, 6.07) is 10.8. The largest absolute Gasteiger partial charge is 0.348 e. The third-order valence-corrected chi connectivity index (χ3v) is 5.23. The molecule has 1 heterocycles. The molecule has 2 N–H and O–H groups in total.